The van der Waals surface area contributed by atoms with Crippen LogP contribution in [0.5, 0.6) is 0 Å². The zero-order valence-electron chi connectivity index (χ0n) is 17.9. The van der Waals surface area contributed by atoms with Gasteiger partial charge in [-0.15, -0.1) is 0 Å². The highest BCUT2D eigenvalue weighted by molar-refractivity contribution is 6.08. The molecule has 2 aliphatic rings. The molecule has 0 saturated carbocycles. The fraction of sp³-hybridized carbons (Fsp3) is 0.440. The lowest BCUT2D eigenvalue weighted by Crippen LogP contribution is -2.52. The first-order valence-electron chi connectivity index (χ1n) is 10.9. The molecule has 2 aromatic carbocycles. The van der Waals surface area contributed by atoms with Crippen molar-refractivity contribution in [1.29, 1.82) is 0 Å². The Morgan fingerprint density at radius 3 is 2.40 bits per heavy atom. The van der Waals surface area contributed by atoms with E-state index in [1.165, 1.54) is 5.56 Å². The van der Waals surface area contributed by atoms with Crippen LogP contribution in [0.25, 0.3) is 0 Å². The van der Waals surface area contributed by atoms with Crippen LogP contribution in [0.1, 0.15) is 44.2 Å². The van der Waals surface area contributed by atoms with Gasteiger partial charge in [-0.05, 0) is 56.7 Å². The van der Waals surface area contributed by atoms with Crippen LogP contribution in [0.15, 0.2) is 54.6 Å². The molecule has 1 atom stereocenters. The molecule has 2 heterocycles. The third-order valence-corrected chi connectivity index (χ3v) is 6.64. The summed E-state index contributed by atoms with van der Waals surface area (Å²) in [5, 5.41) is 0. The first-order chi connectivity index (χ1) is 14.4. The van der Waals surface area contributed by atoms with Gasteiger partial charge in [-0.3, -0.25) is 9.59 Å². The molecule has 1 saturated heterocycles. The maximum Gasteiger partial charge on any atom is 0.239 e. The molecule has 2 N–H and O–H groups in total. The summed E-state index contributed by atoms with van der Waals surface area (Å²) in [6, 6.07) is 17.9. The molecule has 1 fully saturated rings. The van der Waals surface area contributed by atoms with Gasteiger partial charge >= 0.3 is 0 Å². The monoisotopic (exact) mass is 405 g/mol. The molecule has 158 valence electrons. The number of rotatable bonds is 5. The molecule has 0 aliphatic carbocycles. The van der Waals surface area contributed by atoms with E-state index in [0.717, 1.165) is 30.5 Å². The molecule has 2 aromatic rings. The summed E-state index contributed by atoms with van der Waals surface area (Å²) in [5.41, 5.74) is 9.04. The fourth-order valence-corrected chi connectivity index (χ4v) is 4.77. The molecule has 5 nitrogen and oxygen atoms in total. The van der Waals surface area contributed by atoms with Gasteiger partial charge < -0.3 is 15.5 Å². The van der Waals surface area contributed by atoms with Crippen LogP contribution in [-0.2, 0) is 21.4 Å². The van der Waals surface area contributed by atoms with Crippen LogP contribution in [0.2, 0.25) is 0 Å². The van der Waals surface area contributed by atoms with E-state index < -0.39 is 11.5 Å². The van der Waals surface area contributed by atoms with Gasteiger partial charge in [0.05, 0.1) is 11.5 Å². The first kappa shape index (κ1) is 20.6. The maximum absolute atomic E-state index is 13.2. The number of benzene rings is 2. The van der Waals surface area contributed by atoms with Crippen molar-refractivity contribution in [3.8, 4) is 0 Å². The van der Waals surface area contributed by atoms with Gasteiger partial charge in [0.2, 0.25) is 11.8 Å². The number of hydrogen-bond donors (Lipinski definition) is 1. The van der Waals surface area contributed by atoms with Crippen LogP contribution in [0.3, 0.4) is 0 Å². The summed E-state index contributed by atoms with van der Waals surface area (Å²) in [4.78, 5) is 29.8. The molecule has 0 radical (unpaired) electrons. The number of nitrogens with two attached hydrogens (primary N) is 1. The van der Waals surface area contributed by atoms with Gasteiger partial charge in [0.1, 0.15) is 0 Å². The number of hydrogen-bond acceptors (Lipinski definition) is 3. The Balaban J connectivity index is 1.36. The molecule has 0 bridgehead atoms. The molecule has 5 heteroatoms. The molecule has 0 aromatic heterocycles. The Hall–Kier alpha value is -2.66. The zero-order chi connectivity index (χ0) is 21.3. The molecule has 2 aliphatic heterocycles. The summed E-state index contributed by atoms with van der Waals surface area (Å²) < 4.78 is 0. The van der Waals surface area contributed by atoms with Crippen molar-refractivity contribution in [2.45, 2.75) is 57.0 Å². The normalized spacial score (nSPS) is 19.6. The highest BCUT2D eigenvalue weighted by Gasteiger charge is 2.46. The minimum Gasteiger partial charge on any atom is -0.341 e. The van der Waals surface area contributed by atoms with E-state index in [0.29, 0.717) is 19.5 Å². The van der Waals surface area contributed by atoms with Crippen LogP contribution in [0.4, 0.5) is 5.69 Å². The molecule has 4 rings (SSSR count). The number of para-hydroxylation sites is 1. The summed E-state index contributed by atoms with van der Waals surface area (Å²) in [7, 11) is 0. The van der Waals surface area contributed by atoms with E-state index in [-0.39, 0.29) is 17.9 Å². The van der Waals surface area contributed by atoms with Crippen molar-refractivity contribution in [3.05, 3.63) is 65.7 Å². The third-order valence-electron chi connectivity index (χ3n) is 6.64. The van der Waals surface area contributed by atoms with Crippen LogP contribution >= 0.6 is 0 Å². The van der Waals surface area contributed by atoms with Gasteiger partial charge in [-0.25, -0.2) is 0 Å². The number of likely N-dealkylation sites (tertiary alicyclic amines) is 1. The Morgan fingerprint density at radius 2 is 1.70 bits per heavy atom. The van der Waals surface area contributed by atoms with E-state index in [1.54, 1.807) is 0 Å². The summed E-state index contributed by atoms with van der Waals surface area (Å²) in [6.07, 6.45) is 3.02. The van der Waals surface area contributed by atoms with Crippen LogP contribution in [0, 0.1) is 0 Å². The minimum atomic E-state index is -0.497. The number of aryl methyl sites for hydroxylation is 1. The number of carbonyl (C=O) groups is 2. The maximum atomic E-state index is 13.2. The number of anilines is 1. The Morgan fingerprint density at radius 1 is 1.07 bits per heavy atom. The minimum absolute atomic E-state index is 0.0258. The first-order valence-corrected chi connectivity index (χ1v) is 10.9. The zero-order valence-corrected chi connectivity index (χ0v) is 17.9. The van der Waals surface area contributed by atoms with Crippen molar-refractivity contribution in [2.24, 2.45) is 5.73 Å². The van der Waals surface area contributed by atoms with E-state index in [2.05, 4.69) is 18.2 Å². The second-order valence-corrected chi connectivity index (χ2v) is 9.00. The molecule has 30 heavy (non-hydrogen) atoms. The highest BCUT2D eigenvalue weighted by atomic mass is 16.2. The van der Waals surface area contributed by atoms with Gasteiger partial charge in [-0.1, -0.05) is 48.5 Å². The predicted octanol–water partition coefficient (Wildman–Crippen LogP) is 3.26. The number of amides is 2. The smallest absolute Gasteiger partial charge is 0.239 e. The molecule has 0 unspecified atom stereocenters. The van der Waals surface area contributed by atoms with Crippen molar-refractivity contribution in [1.82, 2.24) is 4.90 Å². The number of fused-ring (bicyclic) bond motifs is 1. The van der Waals surface area contributed by atoms with Crippen molar-refractivity contribution in [2.75, 3.05) is 18.0 Å². The Kier molecular flexibility index (Phi) is 5.65. The molecule has 2 amide bonds. The fourth-order valence-electron chi connectivity index (χ4n) is 4.77. The SMILES string of the molecule is CC1(C)C(=O)N(C2CCN(C(=O)[C@H](N)CCc3ccccc3)CC2)c2ccccc21. The van der Waals surface area contributed by atoms with Crippen molar-refractivity contribution >= 4 is 17.5 Å². The number of nitrogens with zero attached hydrogens (tertiary/aromatic N) is 2. The van der Waals surface area contributed by atoms with Gasteiger partial charge in [-0.2, -0.15) is 0 Å². The number of carbonyl (C=O) groups excluding carboxylic acids is 2. The van der Waals surface area contributed by atoms with E-state index in [1.807, 2.05) is 60.0 Å². The Labute approximate surface area is 178 Å². The molecule has 0 spiro atoms. The highest BCUT2D eigenvalue weighted by Crippen LogP contribution is 2.43. The van der Waals surface area contributed by atoms with Gasteiger partial charge in [0.25, 0.3) is 0 Å². The Bertz CT molecular complexity index is 917. The third kappa shape index (κ3) is 3.74. The lowest BCUT2D eigenvalue weighted by Gasteiger charge is -2.38. The summed E-state index contributed by atoms with van der Waals surface area (Å²) >= 11 is 0. The van der Waals surface area contributed by atoms with E-state index in [4.69, 9.17) is 5.73 Å². The molecular formula is C25H31N3O2. The average Bonchev–Trinajstić information content (AvgIpc) is 2.98. The summed E-state index contributed by atoms with van der Waals surface area (Å²) in [5.74, 6) is 0.186. The lowest BCUT2D eigenvalue weighted by molar-refractivity contribution is -0.133. The van der Waals surface area contributed by atoms with Crippen LogP contribution < -0.4 is 10.6 Å². The van der Waals surface area contributed by atoms with Gasteiger partial charge in [0.15, 0.2) is 0 Å². The lowest BCUT2D eigenvalue weighted by atomic mass is 9.86. The largest absolute Gasteiger partial charge is 0.341 e. The number of piperidine rings is 1. The summed E-state index contributed by atoms with van der Waals surface area (Å²) in [6.45, 7) is 5.29. The van der Waals surface area contributed by atoms with Gasteiger partial charge in [0, 0.05) is 24.8 Å². The topological polar surface area (TPSA) is 66.6 Å². The standard InChI is InChI=1S/C25H31N3O2/c1-25(2)20-10-6-7-11-22(20)28(24(25)30)19-14-16-27(17-15-19)23(29)21(26)13-12-18-8-4-3-5-9-18/h3-11,19,21H,12-17,26H2,1-2H3/t21-/m1/s1. The van der Waals surface area contributed by atoms with Crippen molar-refractivity contribution in [3.63, 3.8) is 0 Å². The average molecular weight is 406 g/mol. The predicted molar refractivity (Wildman–Crippen MR) is 119 cm³/mol. The van der Waals surface area contributed by atoms with Crippen LogP contribution in [-0.4, -0.2) is 41.9 Å². The molecular weight excluding hydrogens is 374 g/mol. The quantitative estimate of drug-likeness (QED) is 0.830. The second kappa shape index (κ2) is 8.23. The second-order valence-electron chi connectivity index (χ2n) is 9.00. The van der Waals surface area contributed by atoms with Crippen molar-refractivity contribution < 1.29 is 9.59 Å². The van der Waals surface area contributed by atoms with E-state index in [9.17, 15) is 9.59 Å². The van der Waals surface area contributed by atoms with E-state index >= 15 is 0 Å².